The molecule has 1 aromatic rings. The lowest BCUT2D eigenvalue weighted by molar-refractivity contribution is -0.385. The molecular weight excluding hydrogens is 232 g/mol. The maximum absolute atomic E-state index is 10.5. The summed E-state index contributed by atoms with van der Waals surface area (Å²) in [6.45, 7) is 1.65. The number of pyridine rings is 1. The third kappa shape index (κ3) is 4.26. The molecule has 0 radical (unpaired) electrons. The van der Waals surface area contributed by atoms with Crippen LogP contribution in [0.4, 0.5) is 5.69 Å². The van der Waals surface area contributed by atoms with Crippen LogP contribution in [0, 0.1) is 10.1 Å². The van der Waals surface area contributed by atoms with Gasteiger partial charge in [0.25, 0.3) is 5.69 Å². The molecule has 86 valence electrons. The van der Waals surface area contributed by atoms with Gasteiger partial charge in [0.2, 0.25) is 0 Å². The molecule has 1 rings (SSSR count). The van der Waals surface area contributed by atoms with E-state index in [-0.39, 0.29) is 11.7 Å². The summed E-state index contributed by atoms with van der Waals surface area (Å²) in [5.74, 6) is 0.252. The minimum Gasteiger partial charge on any atom is -0.465 e. The first kappa shape index (κ1) is 12.4. The summed E-state index contributed by atoms with van der Waals surface area (Å²) >= 11 is 1.37. The van der Waals surface area contributed by atoms with Crippen molar-refractivity contribution in [3.05, 3.63) is 28.4 Å². The van der Waals surface area contributed by atoms with E-state index in [1.165, 1.54) is 30.9 Å². The molecule has 0 atom stereocenters. The minimum absolute atomic E-state index is 0.0377. The Morgan fingerprint density at radius 1 is 1.62 bits per heavy atom. The van der Waals surface area contributed by atoms with Crippen LogP contribution in [0.3, 0.4) is 0 Å². The van der Waals surface area contributed by atoms with Gasteiger partial charge in [-0.15, -0.1) is 11.8 Å². The lowest BCUT2D eigenvalue weighted by Gasteiger charge is -2.01. The fraction of sp³-hybridized carbons (Fsp3) is 0.333. The van der Waals surface area contributed by atoms with Gasteiger partial charge in [0.15, 0.2) is 0 Å². The molecule has 0 fully saturated rings. The van der Waals surface area contributed by atoms with Crippen LogP contribution in [0.1, 0.15) is 6.92 Å². The second-order valence-electron chi connectivity index (χ2n) is 2.80. The third-order valence-corrected chi connectivity index (χ3v) is 2.48. The van der Waals surface area contributed by atoms with Crippen molar-refractivity contribution in [2.45, 2.75) is 11.9 Å². The van der Waals surface area contributed by atoms with E-state index in [1.807, 2.05) is 0 Å². The van der Waals surface area contributed by atoms with Crippen molar-refractivity contribution in [3.63, 3.8) is 0 Å². The Hall–Kier alpha value is -1.63. The van der Waals surface area contributed by atoms with Gasteiger partial charge in [-0.05, 0) is 6.07 Å². The quantitative estimate of drug-likeness (QED) is 0.257. The Morgan fingerprint density at radius 2 is 2.38 bits per heavy atom. The topological polar surface area (TPSA) is 82.3 Å². The zero-order chi connectivity index (χ0) is 12.0. The molecule has 0 N–H and O–H groups in total. The Kier molecular flexibility index (Phi) is 4.71. The average Bonchev–Trinajstić information content (AvgIpc) is 2.25. The number of hydrogen-bond donors (Lipinski definition) is 0. The smallest absolute Gasteiger partial charge is 0.302 e. The predicted octanol–water partition coefficient (Wildman–Crippen LogP) is 1.64. The predicted molar refractivity (Wildman–Crippen MR) is 58.2 cm³/mol. The Balaban J connectivity index is 2.38. The van der Waals surface area contributed by atoms with Gasteiger partial charge in [-0.25, -0.2) is 4.98 Å². The molecule has 1 aromatic heterocycles. The van der Waals surface area contributed by atoms with Gasteiger partial charge in [0, 0.05) is 18.7 Å². The van der Waals surface area contributed by atoms with Gasteiger partial charge < -0.3 is 4.74 Å². The average molecular weight is 242 g/mol. The largest absolute Gasteiger partial charge is 0.465 e. The van der Waals surface area contributed by atoms with Gasteiger partial charge in [0.1, 0.15) is 12.8 Å². The molecule has 6 nitrogen and oxygen atoms in total. The number of rotatable bonds is 5. The monoisotopic (exact) mass is 242 g/mol. The summed E-state index contributed by atoms with van der Waals surface area (Å²) < 4.78 is 4.73. The number of hydrogen-bond acceptors (Lipinski definition) is 6. The second-order valence-corrected chi connectivity index (χ2v) is 3.92. The molecule has 0 bridgehead atoms. The van der Waals surface area contributed by atoms with Crippen LogP contribution in [0.2, 0.25) is 0 Å². The van der Waals surface area contributed by atoms with Crippen molar-refractivity contribution in [3.8, 4) is 0 Å². The molecule has 0 saturated heterocycles. The first-order chi connectivity index (χ1) is 7.59. The lowest BCUT2D eigenvalue weighted by atomic mass is 10.4. The number of ether oxygens (including phenoxy) is 1. The summed E-state index contributed by atoms with van der Waals surface area (Å²) in [7, 11) is 0. The number of carbonyl (C=O) groups is 1. The first-order valence-corrected chi connectivity index (χ1v) is 5.45. The Morgan fingerprint density at radius 3 is 2.88 bits per heavy atom. The number of nitrogens with zero attached hydrogens (tertiary/aromatic N) is 2. The maximum Gasteiger partial charge on any atom is 0.302 e. The molecule has 0 unspecified atom stereocenters. The van der Waals surface area contributed by atoms with Crippen molar-refractivity contribution in [2.75, 3.05) is 12.4 Å². The summed E-state index contributed by atoms with van der Waals surface area (Å²) in [4.78, 5) is 24.2. The molecule has 0 saturated carbocycles. The molecule has 16 heavy (non-hydrogen) atoms. The van der Waals surface area contributed by atoms with E-state index in [2.05, 4.69) is 4.98 Å². The van der Waals surface area contributed by atoms with Crippen molar-refractivity contribution in [1.82, 2.24) is 4.98 Å². The first-order valence-electron chi connectivity index (χ1n) is 4.46. The highest BCUT2D eigenvalue weighted by molar-refractivity contribution is 7.99. The molecule has 0 aromatic carbocycles. The van der Waals surface area contributed by atoms with Crippen LogP contribution >= 0.6 is 11.8 Å². The highest BCUT2D eigenvalue weighted by Gasteiger charge is 2.05. The van der Waals surface area contributed by atoms with E-state index in [4.69, 9.17) is 4.74 Å². The molecule has 7 heteroatoms. The van der Waals surface area contributed by atoms with Crippen LogP contribution < -0.4 is 0 Å². The Bertz CT molecular complexity index is 380. The summed E-state index contributed by atoms with van der Waals surface area (Å²) in [5.41, 5.74) is -0.0377. The van der Waals surface area contributed by atoms with Crippen LogP contribution in [0.15, 0.2) is 23.4 Å². The van der Waals surface area contributed by atoms with Gasteiger partial charge in [-0.1, -0.05) is 0 Å². The zero-order valence-corrected chi connectivity index (χ0v) is 9.40. The molecule has 0 aliphatic carbocycles. The van der Waals surface area contributed by atoms with Crippen LogP contribution in [0.25, 0.3) is 0 Å². The van der Waals surface area contributed by atoms with E-state index < -0.39 is 4.92 Å². The molecule has 0 aliphatic heterocycles. The van der Waals surface area contributed by atoms with Gasteiger partial charge in [-0.2, -0.15) is 0 Å². The minimum atomic E-state index is -0.500. The zero-order valence-electron chi connectivity index (χ0n) is 8.58. The standard InChI is InChI=1S/C9H10N2O4S/c1-7(12)15-4-5-16-9-3-2-8(6-10-9)11(13)14/h2-3,6H,4-5H2,1H3. The number of esters is 1. The van der Waals surface area contributed by atoms with E-state index in [9.17, 15) is 14.9 Å². The van der Waals surface area contributed by atoms with Crippen molar-refractivity contribution in [1.29, 1.82) is 0 Å². The van der Waals surface area contributed by atoms with Crippen LogP contribution in [-0.4, -0.2) is 28.2 Å². The van der Waals surface area contributed by atoms with E-state index in [0.717, 1.165) is 0 Å². The number of carbonyl (C=O) groups excluding carboxylic acids is 1. The van der Waals surface area contributed by atoms with Gasteiger partial charge >= 0.3 is 5.97 Å². The van der Waals surface area contributed by atoms with E-state index in [1.54, 1.807) is 6.07 Å². The molecular formula is C9H10N2O4S. The van der Waals surface area contributed by atoms with Gasteiger partial charge in [-0.3, -0.25) is 14.9 Å². The summed E-state index contributed by atoms with van der Waals surface area (Å²) in [6.07, 6.45) is 1.20. The van der Waals surface area contributed by atoms with E-state index in [0.29, 0.717) is 17.4 Å². The van der Waals surface area contributed by atoms with Crippen LogP contribution in [0.5, 0.6) is 0 Å². The number of nitro groups is 1. The molecule has 0 spiro atoms. The third-order valence-electron chi connectivity index (χ3n) is 1.57. The van der Waals surface area contributed by atoms with E-state index >= 15 is 0 Å². The lowest BCUT2D eigenvalue weighted by Crippen LogP contribution is -2.02. The summed E-state index contributed by atoms with van der Waals surface area (Å²) in [5, 5.41) is 11.0. The second kappa shape index (κ2) is 6.06. The molecule has 1 heterocycles. The molecule has 0 amide bonds. The summed E-state index contributed by atoms with van der Waals surface area (Å²) in [6, 6.07) is 2.96. The van der Waals surface area contributed by atoms with Gasteiger partial charge in [0.05, 0.1) is 9.95 Å². The number of thioether (sulfide) groups is 1. The SMILES string of the molecule is CC(=O)OCCSc1ccc([N+](=O)[O-])cn1. The van der Waals surface area contributed by atoms with Crippen molar-refractivity contribution < 1.29 is 14.5 Å². The fourth-order valence-electron chi connectivity index (χ4n) is 0.898. The van der Waals surface area contributed by atoms with Crippen molar-refractivity contribution in [2.24, 2.45) is 0 Å². The van der Waals surface area contributed by atoms with Crippen molar-refractivity contribution >= 4 is 23.4 Å². The van der Waals surface area contributed by atoms with Crippen LogP contribution in [-0.2, 0) is 9.53 Å². The normalized spacial score (nSPS) is 9.81. The Labute approximate surface area is 96.2 Å². The highest BCUT2D eigenvalue weighted by Crippen LogP contribution is 2.17. The highest BCUT2D eigenvalue weighted by atomic mass is 32.2. The fourth-order valence-corrected chi connectivity index (χ4v) is 1.56. The number of aromatic nitrogens is 1. The molecule has 0 aliphatic rings. The maximum atomic E-state index is 10.5.